The van der Waals surface area contributed by atoms with Crippen LogP contribution in [0.25, 0.3) is 0 Å². The van der Waals surface area contributed by atoms with E-state index < -0.39 is 0 Å². The molecule has 132 valence electrons. The van der Waals surface area contributed by atoms with Crippen LogP contribution in [0.3, 0.4) is 0 Å². The molecule has 0 aromatic heterocycles. The third-order valence-corrected chi connectivity index (χ3v) is 4.45. The number of carbonyl (C=O) groups excluding carboxylic acids is 2. The van der Waals surface area contributed by atoms with Gasteiger partial charge in [-0.25, -0.2) is 0 Å². The Balaban J connectivity index is 1.84. The van der Waals surface area contributed by atoms with Crippen LogP contribution in [0.5, 0.6) is 0 Å². The number of hydrogen-bond donors (Lipinski definition) is 1. The van der Waals surface area contributed by atoms with Crippen molar-refractivity contribution in [2.75, 3.05) is 39.9 Å². The summed E-state index contributed by atoms with van der Waals surface area (Å²) in [5, 5.41) is 3.00. The van der Waals surface area contributed by atoms with Gasteiger partial charge in [0.15, 0.2) is 0 Å². The summed E-state index contributed by atoms with van der Waals surface area (Å²) < 4.78 is 5.25. The maximum Gasteiger partial charge on any atom is 0.237 e. The van der Waals surface area contributed by atoms with Crippen LogP contribution in [-0.4, -0.2) is 67.6 Å². The van der Waals surface area contributed by atoms with Gasteiger partial charge in [0, 0.05) is 13.1 Å². The molecule has 0 radical (unpaired) electrons. The lowest BCUT2D eigenvalue weighted by molar-refractivity contribution is -0.137. The molecular weight excluding hydrogens is 306 g/mol. The second kappa shape index (κ2) is 8.80. The number of rotatable bonds is 6. The van der Waals surface area contributed by atoms with Crippen LogP contribution in [0, 0.1) is 0 Å². The number of benzene rings is 1. The van der Waals surface area contributed by atoms with E-state index in [-0.39, 0.29) is 30.4 Å². The average molecular weight is 333 g/mol. The number of nitrogens with one attached hydrogen (secondary N) is 1. The highest BCUT2D eigenvalue weighted by atomic mass is 16.5. The van der Waals surface area contributed by atoms with Crippen LogP contribution in [0.2, 0.25) is 0 Å². The highest BCUT2D eigenvalue weighted by Crippen LogP contribution is 2.12. The molecule has 2 atom stereocenters. The second-order valence-corrected chi connectivity index (χ2v) is 6.23. The lowest BCUT2D eigenvalue weighted by atomic mass is 10.1. The van der Waals surface area contributed by atoms with E-state index in [1.165, 1.54) is 0 Å². The van der Waals surface area contributed by atoms with Crippen LogP contribution in [-0.2, 0) is 14.3 Å². The van der Waals surface area contributed by atoms with E-state index >= 15 is 0 Å². The zero-order chi connectivity index (χ0) is 17.5. The smallest absolute Gasteiger partial charge is 0.237 e. The van der Waals surface area contributed by atoms with E-state index in [0.29, 0.717) is 26.3 Å². The number of morpholine rings is 1. The molecule has 0 aliphatic carbocycles. The van der Waals surface area contributed by atoms with E-state index in [9.17, 15) is 9.59 Å². The summed E-state index contributed by atoms with van der Waals surface area (Å²) in [7, 11) is 1.80. The van der Waals surface area contributed by atoms with Crippen LogP contribution in [0.15, 0.2) is 30.3 Å². The van der Waals surface area contributed by atoms with Gasteiger partial charge in [-0.3, -0.25) is 14.5 Å². The Morgan fingerprint density at radius 2 is 1.83 bits per heavy atom. The van der Waals surface area contributed by atoms with Crippen molar-refractivity contribution in [3.05, 3.63) is 35.9 Å². The molecule has 1 aliphatic rings. The van der Waals surface area contributed by atoms with Gasteiger partial charge in [-0.1, -0.05) is 30.3 Å². The number of amides is 2. The summed E-state index contributed by atoms with van der Waals surface area (Å²) in [5.41, 5.74) is 1.06. The molecule has 2 amide bonds. The summed E-state index contributed by atoms with van der Waals surface area (Å²) in [6, 6.07) is 9.39. The summed E-state index contributed by atoms with van der Waals surface area (Å²) in [6.07, 6.45) is 0. The number of hydrogen-bond acceptors (Lipinski definition) is 4. The first-order valence-corrected chi connectivity index (χ1v) is 8.40. The predicted octanol–water partition coefficient (Wildman–Crippen LogP) is 1.04. The van der Waals surface area contributed by atoms with E-state index in [1.807, 2.05) is 44.2 Å². The number of likely N-dealkylation sites (N-methyl/N-ethyl adjacent to an activating group) is 1. The Morgan fingerprint density at radius 1 is 1.21 bits per heavy atom. The Hall–Kier alpha value is -1.92. The van der Waals surface area contributed by atoms with Crippen LogP contribution in [0.4, 0.5) is 0 Å². The normalized spacial score (nSPS) is 17.4. The summed E-state index contributed by atoms with van der Waals surface area (Å²) in [6.45, 7) is 6.42. The Bertz CT molecular complexity index is 544. The molecule has 24 heavy (non-hydrogen) atoms. The van der Waals surface area contributed by atoms with Crippen LogP contribution < -0.4 is 5.32 Å². The largest absolute Gasteiger partial charge is 0.378 e. The molecule has 1 heterocycles. The lowest BCUT2D eigenvalue weighted by Gasteiger charge is -2.30. The van der Waals surface area contributed by atoms with Gasteiger partial charge in [0.2, 0.25) is 11.8 Å². The van der Waals surface area contributed by atoms with Crippen molar-refractivity contribution in [1.29, 1.82) is 0 Å². The fourth-order valence-corrected chi connectivity index (χ4v) is 2.62. The van der Waals surface area contributed by atoms with Crippen LogP contribution >= 0.6 is 0 Å². The lowest BCUT2D eigenvalue weighted by Crippen LogP contribution is -2.50. The molecule has 1 aromatic rings. The van der Waals surface area contributed by atoms with Gasteiger partial charge in [0.1, 0.15) is 0 Å². The van der Waals surface area contributed by atoms with Gasteiger partial charge in [0.25, 0.3) is 0 Å². The molecule has 2 rings (SSSR count). The van der Waals surface area contributed by atoms with Gasteiger partial charge in [-0.05, 0) is 26.5 Å². The predicted molar refractivity (Wildman–Crippen MR) is 92.5 cm³/mol. The van der Waals surface area contributed by atoms with Crippen LogP contribution in [0.1, 0.15) is 25.5 Å². The van der Waals surface area contributed by atoms with E-state index in [0.717, 1.165) is 5.56 Å². The molecule has 1 aliphatic heterocycles. The van der Waals surface area contributed by atoms with Crippen molar-refractivity contribution in [3.63, 3.8) is 0 Å². The van der Waals surface area contributed by atoms with Crippen molar-refractivity contribution in [3.8, 4) is 0 Å². The molecule has 0 saturated carbocycles. The van der Waals surface area contributed by atoms with E-state index in [4.69, 9.17) is 4.74 Å². The van der Waals surface area contributed by atoms with Crippen molar-refractivity contribution in [1.82, 2.24) is 15.1 Å². The summed E-state index contributed by atoms with van der Waals surface area (Å²) in [5.74, 6) is -0.0415. The second-order valence-electron chi connectivity index (χ2n) is 6.23. The summed E-state index contributed by atoms with van der Waals surface area (Å²) in [4.78, 5) is 28.3. The molecule has 1 fully saturated rings. The zero-order valence-corrected chi connectivity index (χ0v) is 14.7. The molecule has 6 heteroatoms. The molecule has 1 aromatic carbocycles. The van der Waals surface area contributed by atoms with Gasteiger partial charge in [-0.15, -0.1) is 0 Å². The molecule has 0 spiro atoms. The first kappa shape index (κ1) is 18.4. The zero-order valence-electron chi connectivity index (χ0n) is 14.7. The molecule has 6 nitrogen and oxygen atoms in total. The first-order valence-electron chi connectivity index (χ1n) is 8.40. The van der Waals surface area contributed by atoms with E-state index in [2.05, 4.69) is 5.32 Å². The Morgan fingerprint density at radius 3 is 2.46 bits per heavy atom. The van der Waals surface area contributed by atoms with Gasteiger partial charge in [0.05, 0.1) is 31.8 Å². The molecular formula is C18H27N3O3. The van der Waals surface area contributed by atoms with Gasteiger partial charge in [-0.2, -0.15) is 0 Å². The third kappa shape index (κ3) is 5.04. The Kier molecular flexibility index (Phi) is 6.75. The fraction of sp³-hybridized carbons (Fsp3) is 0.556. The van der Waals surface area contributed by atoms with E-state index in [1.54, 1.807) is 16.8 Å². The maximum absolute atomic E-state index is 12.4. The van der Waals surface area contributed by atoms with Crippen molar-refractivity contribution in [2.24, 2.45) is 0 Å². The SMILES string of the molecule is C[C@@H](NC(=O)[C@H](C)N(C)CC(=O)N1CCOCC1)c1ccccc1. The molecule has 1 saturated heterocycles. The molecule has 1 N–H and O–H groups in total. The van der Waals surface area contributed by atoms with Crippen molar-refractivity contribution in [2.45, 2.75) is 25.9 Å². The highest BCUT2D eigenvalue weighted by molar-refractivity contribution is 5.83. The minimum Gasteiger partial charge on any atom is -0.378 e. The van der Waals surface area contributed by atoms with Crippen molar-refractivity contribution >= 4 is 11.8 Å². The third-order valence-electron chi connectivity index (χ3n) is 4.45. The van der Waals surface area contributed by atoms with Gasteiger partial charge >= 0.3 is 0 Å². The highest BCUT2D eigenvalue weighted by Gasteiger charge is 2.24. The molecule has 0 bridgehead atoms. The minimum absolute atomic E-state index is 0.0385. The topological polar surface area (TPSA) is 61.9 Å². The fourth-order valence-electron chi connectivity index (χ4n) is 2.62. The average Bonchev–Trinajstić information content (AvgIpc) is 2.62. The van der Waals surface area contributed by atoms with Crippen molar-refractivity contribution < 1.29 is 14.3 Å². The standard InChI is InChI=1S/C18H27N3O3/c1-14(16-7-5-4-6-8-16)19-18(23)15(2)20(3)13-17(22)21-9-11-24-12-10-21/h4-8,14-15H,9-13H2,1-3H3,(H,19,23)/t14-,15+/m1/s1. The number of carbonyl (C=O) groups is 2. The number of nitrogens with zero attached hydrogens (tertiary/aromatic N) is 2. The first-order chi connectivity index (χ1) is 11.5. The quantitative estimate of drug-likeness (QED) is 0.845. The Labute approximate surface area is 143 Å². The minimum atomic E-state index is -0.374. The maximum atomic E-state index is 12.4. The molecule has 0 unspecified atom stereocenters. The van der Waals surface area contributed by atoms with Gasteiger partial charge < -0.3 is 15.0 Å². The summed E-state index contributed by atoms with van der Waals surface area (Å²) >= 11 is 0. The number of ether oxygens (including phenoxy) is 1. The monoisotopic (exact) mass is 333 g/mol.